The van der Waals surface area contributed by atoms with Crippen LogP contribution in [0.1, 0.15) is 16.8 Å². The molecule has 2 rings (SSSR count). The average molecular weight is 256 g/mol. The molecule has 1 atom stereocenters. The van der Waals surface area contributed by atoms with Crippen molar-refractivity contribution in [2.75, 3.05) is 0 Å². The lowest BCUT2D eigenvalue weighted by atomic mass is 10.2. The second-order valence-corrected chi connectivity index (χ2v) is 5.34. The van der Waals surface area contributed by atoms with Gasteiger partial charge in [-0.25, -0.2) is 4.98 Å². The molecule has 2 aromatic rings. The SMILES string of the molecule is Cc1ccccc1S(=O)Cc1ccnc(C#N)c1. The lowest BCUT2D eigenvalue weighted by molar-refractivity contribution is 0.682. The molecule has 0 aliphatic rings. The number of aromatic nitrogens is 1. The Morgan fingerprint density at radius 3 is 2.83 bits per heavy atom. The van der Waals surface area contributed by atoms with Gasteiger partial charge in [0.1, 0.15) is 11.8 Å². The molecule has 0 N–H and O–H groups in total. The van der Waals surface area contributed by atoms with Crippen LogP contribution in [0.3, 0.4) is 0 Å². The molecule has 3 nitrogen and oxygen atoms in total. The number of hydrogen-bond donors (Lipinski definition) is 0. The highest BCUT2D eigenvalue weighted by Crippen LogP contribution is 2.16. The molecule has 1 aromatic heterocycles. The van der Waals surface area contributed by atoms with Gasteiger partial charge in [0.15, 0.2) is 0 Å². The highest BCUT2D eigenvalue weighted by Gasteiger charge is 2.08. The van der Waals surface area contributed by atoms with Crippen LogP contribution in [0.2, 0.25) is 0 Å². The van der Waals surface area contributed by atoms with E-state index in [4.69, 9.17) is 5.26 Å². The molecule has 1 aromatic carbocycles. The summed E-state index contributed by atoms with van der Waals surface area (Å²) < 4.78 is 12.2. The monoisotopic (exact) mass is 256 g/mol. The Morgan fingerprint density at radius 1 is 1.33 bits per heavy atom. The van der Waals surface area contributed by atoms with Crippen LogP contribution in [-0.2, 0) is 16.6 Å². The molecule has 0 spiro atoms. The summed E-state index contributed by atoms with van der Waals surface area (Å²) in [6, 6.07) is 13.1. The van der Waals surface area contributed by atoms with Crippen molar-refractivity contribution >= 4 is 10.8 Å². The molecule has 90 valence electrons. The lowest BCUT2D eigenvalue weighted by Crippen LogP contribution is -1.99. The first-order valence-corrected chi connectivity index (χ1v) is 6.81. The number of benzene rings is 1. The van der Waals surface area contributed by atoms with Crippen LogP contribution < -0.4 is 0 Å². The molecule has 0 saturated carbocycles. The maximum absolute atomic E-state index is 12.2. The normalized spacial score (nSPS) is 11.8. The van der Waals surface area contributed by atoms with Crippen molar-refractivity contribution in [3.8, 4) is 6.07 Å². The predicted octanol–water partition coefficient (Wildman–Crippen LogP) is 2.57. The van der Waals surface area contributed by atoms with Crippen molar-refractivity contribution in [3.05, 3.63) is 59.4 Å². The Morgan fingerprint density at radius 2 is 2.11 bits per heavy atom. The number of nitriles is 1. The van der Waals surface area contributed by atoms with E-state index in [9.17, 15) is 4.21 Å². The van der Waals surface area contributed by atoms with Gasteiger partial charge in [0.2, 0.25) is 0 Å². The molecule has 0 saturated heterocycles. The largest absolute Gasteiger partial charge is 0.254 e. The van der Waals surface area contributed by atoms with Gasteiger partial charge in [-0.15, -0.1) is 0 Å². The molecule has 0 radical (unpaired) electrons. The first-order chi connectivity index (χ1) is 8.70. The lowest BCUT2D eigenvalue weighted by Gasteiger charge is -2.05. The molecule has 4 heteroatoms. The topological polar surface area (TPSA) is 53.8 Å². The minimum Gasteiger partial charge on any atom is -0.254 e. The van der Waals surface area contributed by atoms with Gasteiger partial charge < -0.3 is 0 Å². The van der Waals surface area contributed by atoms with Crippen LogP contribution in [0, 0.1) is 18.3 Å². The van der Waals surface area contributed by atoms with Crippen LogP contribution >= 0.6 is 0 Å². The summed E-state index contributed by atoms with van der Waals surface area (Å²) in [6.45, 7) is 1.94. The summed E-state index contributed by atoms with van der Waals surface area (Å²) in [5.41, 5.74) is 2.24. The molecule has 0 bridgehead atoms. The van der Waals surface area contributed by atoms with Gasteiger partial charge in [-0.3, -0.25) is 4.21 Å². The second-order valence-electron chi connectivity index (χ2n) is 3.92. The van der Waals surface area contributed by atoms with Crippen LogP contribution in [0.15, 0.2) is 47.5 Å². The van der Waals surface area contributed by atoms with E-state index in [1.54, 1.807) is 18.3 Å². The van der Waals surface area contributed by atoms with Crippen molar-refractivity contribution in [1.82, 2.24) is 4.98 Å². The molecule has 1 heterocycles. The van der Waals surface area contributed by atoms with E-state index >= 15 is 0 Å². The van der Waals surface area contributed by atoms with Crippen molar-refractivity contribution < 1.29 is 4.21 Å². The molecule has 0 amide bonds. The summed E-state index contributed by atoms with van der Waals surface area (Å²) in [6.07, 6.45) is 1.57. The maximum atomic E-state index is 12.2. The molecular formula is C14H12N2OS. The van der Waals surface area contributed by atoms with E-state index in [0.29, 0.717) is 11.4 Å². The third kappa shape index (κ3) is 2.82. The smallest absolute Gasteiger partial charge is 0.140 e. The minimum absolute atomic E-state index is 0.356. The first kappa shape index (κ1) is 12.5. The third-order valence-electron chi connectivity index (χ3n) is 2.58. The van der Waals surface area contributed by atoms with Crippen LogP contribution in [0.25, 0.3) is 0 Å². The van der Waals surface area contributed by atoms with E-state index < -0.39 is 10.8 Å². The van der Waals surface area contributed by atoms with E-state index in [1.807, 2.05) is 37.3 Å². The van der Waals surface area contributed by atoms with Gasteiger partial charge in [-0.2, -0.15) is 5.26 Å². The first-order valence-electron chi connectivity index (χ1n) is 5.50. The molecule has 1 unspecified atom stereocenters. The highest BCUT2D eigenvalue weighted by atomic mass is 32.2. The standard InChI is InChI=1S/C14H12N2OS/c1-11-4-2-3-5-14(11)18(17)10-12-6-7-16-13(8-12)9-15/h2-8H,10H2,1H3. The molecule has 18 heavy (non-hydrogen) atoms. The van der Waals surface area contributed by atoms with Crippen molar-refractivity contribution in [2.24, 2.45) is 0 Å². The van der Waals surface area contributed by atoms with Gasteiger partial charge in [0.25, 0.3) is 0 Å². The molecular weight excluding hydrogens is 244 g/mol. The second kappa shape index (κ2) is 5.56. The quantitative estimate of drug-likeness (QED) is 0.848. The number of pyridine rings is 1. The molecule has 0 fully saturated rings. The fourth-order valence-corrected chi connectivity index (χ4v) is 2.96. The zero-order valence-corrected chi connectivity index (χ0v) is 10.8. The number of aryl methyl sites for hydroxylation is 1. The Balaban J connectivity index is 2.22. The Kier molecular flexibility index (Phi) is 3.85. The Hall–Kier alpha value is -1.99. The zero-order chi connectivity index (χ0) is 13.0. The van der Waals surface area contributed by atoms with Gasteiger partial charge >= 0.3 is 0 Å². The van der Waals surface area contributed by atoms with Crippen LogP contribution in [-0.4, -0.2) is 9.19 Å². The maximum Gasteiger partial charge on any atom is 0.140 e. The Bertz CT molecular complexity index is 632. The van der Waals surface area contributed by atoms with E-state index in [0.717, 1.165) is 16.0 Å². The summed E-state index contributed by atoms with van der Waals surface area (Å²) in [5, 5.41) is 8.77. The van der Waals surface area contributed by atoms with E-state index in [-0.39, 0.29) is 0 Å². The highest BCUT2D eigenvalue weighted by molar-refractivity contribution is 7.84. The predicted molar refractivity (Wildman–Crippen MR) is 70.2 cm³/mol. The number of hydrogen-bond acceptors (Lipinski definition) is 3. The van der Waals surface area contributed by atoms with Gasteiger partial charge in [0, 0.05) is 11.1 Å². The summed E-state index contributed by atoms with van der Waals surface area (Å²) in [4.78, 5) is 4.74. The average Bonchev–Trinajstić information content (AvgIpc) is 2.39. The fraction of sp³-hybridized carbons (Fsp3) is 0.143. The number of nitrogens with zero attached hydrogens (tertiary/aromatic N) is 2. The van der Waals surface area contributed by atoms with Crippen molar-refractivity contribution in [2.45, 2.75) is 17.6 Å². The van der Waals surface area contributed by atoms with Gasteiger partial charge in [-0.05, 0) is 36.2 Å². The summed E-state index contributed by atoms with van der Waals surface area (Å²) >= 11 is 0. The van der Waals surface area contributed by atoms with Crippen molar-refractivity contribution in [1.29, 1.82) is 5.26 Å². The van der Waals surface area contributed by atoms with E-state index in [1.165, 1.54) is 0 Å². The fourth-order valence-electron chi connectivity index (χ4n) is 1.67. The Labute approximate surface area is 109 Å². The van der Waals surface area contributed by atoms with E-state index in [2.05, 4.69) is 4.98 Å². The summed E-state index contributed by atoms with van der Waals surface area (Å²) in [7, 11) is -1.09. The minimum atomic E-state index is -1.09. The third-order valence-corrected chi connectivity index (χ3v) is 4.12. The van der Waals surface area contributed by atoms with Crippen molar-refractivity contribution in [3.63, 3.8) is 0 Å². The van der Waals surface area contributed by atoms with Crippen LogP contribution in [0.5, 0.6) is 0 Å². The molecule has 0 aliphatic carbocycles. The zero-order valence-electron chi connectivity index (χ0n) is 9.96. The van der Waals surface area contributed by atoms with Gasteiger partial charge in [-0.1, -0.05) is 18.2 Å². The number of rotatable bonds is 3. The summed E-state index contributed by atoms with van der Waals surface area (Å²) in [5.74, 6) is 0.405. The molecule has 0 aliphatic heterocycles. The van der Waals surface area contributed by atoms with Gasteiger partial charge in [0.05, 0.1) is 16.6 Å². The van der Waals surface area contributed by atoms with Crippen LogP contribution in [0.4, 0.5) is 0 Å².